The van der Waals surface area contributed by atoms with Gasteiger partial charge in [0.15, 0.2) is 0 Å². The van der Waals surface area contributed by atoms with E-state index in [1.165, 1.54) is 289 Å². The molecule has 0 fully saturated rings. The largest absolute Gasteiger partial charge is 0.549 e. The van der Waals surface area contributed by atoms with Crippen molar-refractivity contribution in [1.82, 2.24) is 0 Å². The van der Waals surface area contributed by atoms with Crippen LogP contribution < -0.4 is 5.11 Å². The fourth-order valence-electron chi connectivity index (χ4n) is 10.2. The second kappa shape index (κ2) is 53.8. The fraction of sp³-hybridized carbons (Fsp3) is 0.967. The summed E-state index contributed by atoms with van der Waals surface area (Å²) in [6.07, 6.45) is 69.2. The van der Waals surface area contributed by atoms with Gasteiger partial charge >= 0.3 is 0 Å². The maximum Gasteiger partial charge on any atom is 0.144 e. The first-order valence-corrected chi connectivity index (χ1v) is 29.8. The zero-order valence-electron chi connectivity index (χ0n) is 43.9. The summed E-state index contributed by atoms with van der Waals surface area (Å²) in [6, 6.07) is 0. The lowest BCUT2D eigenvalue weighted by atomic mass is 9.82. The Labute approximate surface area is 397 Å². The predicted octanol–water partition coefficient (Wildman–Crippen LogP) is 20.3. The quantitative estimate of drug-likeness (QED) is 0.0452. The minimum absolute atomic E-state index is 0.00267. The lowest BCUT2D eigenvalue weighted by Gasteiger charge is -2.23. The Kier molecular flexibility index (Phi) is 53.0. The number of carbonyl (C=O) groups excluding carboxylic acids is 2. The number of unbranched alkanes of at least 4 members (excludes halogenated alkanes) is 47. The first-order chi connectivity index (χ1) is 31.1. The summed E-state index contributed by atoms with van der Waals surface area (Å²) >= 11 is 0. The van der Waals surface area contributed by atoms with Gasteiger partial charge in [-0.05, 0) is 19.3 Å². The summed E-state index contributed by atoms with van der Waals surface area (Å²) in [5.41, 5.74) is 0. The van der Waals surface area contributed by atoms with E-state index < -0.39 is 11.9 Å². The van der Waals surface area contributed by atoms with Crippen LogP contribution in [-0.4, -0.2) is 11.8 Å². The Morgan fingerprint density at radius 3 is 0.587 bits per heavy atom. The Bertz CT molecular complexity index is 883. The van der Waals surface area contributed by atoms with Crippen molar-refractivity contribution in [2.45, 2.75) is 361 Å². The first-order valence-electron chi connectivity index (χ1n) is 29.8. The smallest absolute Gasteiger partial charge is 0.144 e. The van der Waals surface area contributed by atoms with Crippen molar-refractivity contribution in [2.75, 3.05) is 0 Å². The van der Waals surface area contributed by atoms with Gasteiger partial charge in [-0.2, -0.15) is 0 Å². The van der Waals surface area contributed by atoms with Crippen molar-refractivity contribution in [3.8, 4) is 0 Å². The molecule has 0 N–H and O–H groups in total. The molecule has 0 spiro atoms. The number of Topliss-reactive ketones (excluding diaryl/α,β-unsaturated/α-hetero) is 1. The highest BCUT2D eigenvalue weighted by Crippen LogP contribution is 2.26. The van der Waals surface area contributed by atoms with Crippen molar-refractivity contribution >= 4 is 11.8 Å². The number of hydrogen-bond acceptors (Lipinski definition) is 3. The van der Waals surface area contributed by atoms with Gasteiger partial charge in [0.05, 0.1) is 11.9 Å². The summed E-state index contributed by atoms with van der Waals surface area (Å²) in [6.45, 7) is 6.87. The molecule has 0 aliphatic heterocycles. The van der Waals surface area contributed by atoms with Gasteiger partial charge in [0.1, 0.15) is 5.78 Å². The Morgan fingerprint density at radius 2 is 0.413 bits per heavy atom. The van der Waals surface area contributed by atoms with Crippen LogP contribution in [0.1, 0.15) is 361 Å². The van der Waals surface area contributed by atoms with Crippen LogP contribution in [0.5, 0.6) is 0 Å². The molecule has 0 amide bonds. The Hall–Kier alpha value is -0.860. The van der Waals surface area contributed by atoms with Gasteiger partial charge in [0.2, 0.25) is 0 Å². The monoisotopic (exact) mass is 886 g/mol. The topological polar surface area (TPSA) is 57.2 Å². The van der Waals surface area contributed by atoms with E-state index in [-0.39, 0.29) is 11.7 Å². The molecule has 376 valence electrons. The lowest BCUT2D eigenvalue weighted by Crippen LogP contribution is -2.39. The predicted molar refractivity (Wildman–Crippen MR) is 279 cm³/mol. The molecule has 0 aliphatic rings. The lowest BCUT2D eigenvalue weighted by molar-refractivity contribution is -0.310. The van der Waals surface area contributed by atoms with E-state index in [0.717, 1.165) is 44.9 Å². The molecule has 0 saturated carbocycles. The minimum Gasteiger partial charge on any atom is -0.549 e. The van der Waals surface area contributed by atoms with Gasteiger partial charge in [-0.25, -0.2) is 0 Å². The van der Waals surface area contributed by atoms with Crippen LogP contribution in [0.3, 0.4) is 0 Å². The van der Waals surface area contributed by atoms with Crippen LogP contribution in [0.15, 0.2) is 0 Å². The molecule has 2 atom stereocenters. The molecule has 0 saturated heterocycles. The SMILES string of the molecule is CCCCCCCCCCCCCCCCCCCCCCCCC(CCCCCCCCCCCCCCCC)C(=O)C(CCCCCCCCCCCCCCCC)C(=O)[O-]. The molecule has 0 heterocycles. The third-order valence-corrected chi connectivity index (χ3v) is 14.7. The van der Waals surface area contributed by atoms with Crippen molar-refractivity contribution in [2.24, 2.45) is 11.8 Å². The van der Waals surface area contributed by atoms with Gasteiger partial charge in [0.25, 0.3) is 0 Å². The number of ketones is 1. The number of hydrogen-bond donors (Lipinski definition) is 0. The average molecular weight is 887 g/mol. The molecule has 2 unspecified atom stereocenters. The van der Waals surface area contributed by atoms with Gasteiger partial charge in [-0.15, -0.1) is 0 Å². The molecule has 0 aromatic rings. The van der Waals surface area contributed by atoms with Crippen molar-refractivity contribution < 1.29 is 14.7 Å². The van der Waals surface area contributed by atoms with E-state index in [2.05, 4.69) is 20.8 Å². The van der Waals surface area contributed by atoms with Crippen LogP contribution >= 0.6 is 0 Å². The molecule has 0 rings (SSSR count). The van der Waals surface area contributed by atoms with Crippen molar-refractivity contribution in [3.05, 3.63) is 0 Å². The Morgan fingerprint density at radius 1 is 0.254 bits per heavy atom. The molecule has 0 aromatic carbocycles. The molecular formula is C60H117O3-. The minimum atomic E-state index is -1.12. The summed E-state index contributed by atoms with van der Waals surface area (Å²) in [5.74, 6) is -2.11. The molecule has 0 radical (unpaired) electrons. The van der Waals surface area contributed by atoms with Crippen molar-refractivity contribution in [3.63, 3.8) is 0 Å². The number of carboxylic acids is 1. The van der Waals surface area contributed by atoms with E-state index in [9.17, 15) is 14.7 Å². The Balaban J connectivity index is 4.34. The molecule has 3 heteroatoms. The molecule has 0 aliphatic carbocycles. The van der Waals surface area contributed by atoms with Crippen LogP contribution in [0.4, 0.5) is 0 Å². The number of rotatable bonds is 56. The maximum absolute atomic E-state index is 13.8. The average Bonchev–Trinajstić information content (AvgIpc) is 3.28. The zero-order chi connectivity index (χ0) is 45.8. The van der Waals surface area contributed by atoms with E-state index >= 15 is 0 Å². The van der Waals surface area contributed by atoms with Gasteiger partial charge in [-0.3, -0.25) is 4.79 Å². The van der Waals surface area contributed by atoms with Gasteiger partial charge < -0.3 is 9.90 Å². The highest BCUT2D eigenvalue weighted by Gasteiger charge is 2.27. The molecule has 63 heavy (non-hydrogen) atoms. The van der Waals surface area contributed by atoms with Gasteiger partial charge in [-0.1, -0.05) is 342 Å². The van der Waals surface area contributed by atoms with Gasteiger partial charge in [0, 0.05) is 5.92 Å². The second-order valence-corrected chi connectivity index (χ2v) is 21.0. The maximum atomic E-state index is 13.8. The normalized spacial score (nSPS) is 12.6. The number of aliphatic carboxylic acids is 1. The highest BCUT2D eigenvalue weighted by molar-refractivity contribution is 5.98. The third-order valence-electron chi connectivity index (χ3n) is 14.7. The molecule has 0 aromatic heterocycles. The standard InChI is InChI=1S/C60H118O3/c1-4-7-10-13-16-19-22-25-28-29-30-31-32-33-34-35-37-40-43-46-49-52-55-57(54-51-48-45-42-39-36-26-23-20-17-14-11-8-5-2)59(61)58(60(62)63)56-53-50-47-44-41-38-27-24-21-18-15-12-9-6-3/h57-58H,4-56H2,1-3H3,(H,62,63)/p-1. The molecule has 3 nitrogen and oxygen atoms in total. The second-order valence-electron chi connectivity index (χ2n) is 21.0. The van der Waals surface area contributed by atoms with E-state index in [1.807, 2.05) is 0 Å². The van der Waals surface area contributed by atoms with Crippen molar-refractivity contribution in [1.29, 1.82) is 0 Å². The number of carbonyl (C=O) groups is 2. The third kappa shape index (κ3) is 47.4. The van der Waals surface area contributed by atoms with E-state index in [1.54, 1.807) is 0 Å². The zero-order valence-corrected chi connectivity index (χ0v) is 43.9. The van der Waals surface area contributed by atoms with E-state index in [0.29, 0.717) is 6.42 Å². The van der Waals surface area contributed by atoms with E-state index in [4.69, 9.17) is 0 Å². The summed E-state index contributed by atoms with van der Waals surface area (Å²) in [7, 11) is 0. The summed E-state index contributed by atoms with van der Waals surface area (Å²) < 4.78 is 0. The molecular weight excluding hydrogens is 769 g/mol. The first kappa shape index (κ1) is 62.1. The summed E-state index contributed by atoms with van der Waals surface area (Å²) in [4.78, 5) is 26.2. The number of carboxylic acid groups (broad SMARTS) is 1. The summed E-state index contributed by atoms with van der Waals surface area (Å²) in [5, 5.41) is 12.4. The van der Waals surface area contributed by atoms with Crippen LogP contribution in [0, 0.1) is 11.8 Å². The highest BCUT2D eigenvalue weighted by atomic mass is 16.4. The van der Waals surface area contributed by atoms with Crippen LogP contribution in [-0.2, 0) is 9.59 Å². The molecule has 0 bridgehead atoms. The fourth-order valence-corrected chi connectivity index (χ4v) is 10.2. The van der Waals surface area contributed by atoms with Crippen LogP contribution in [0.2, 0.25) is 0 Å². The van der Waals surface area contributed by atoms with Crippen LogP contribution in [0.25, 0.3) is 0 Å².